The Bertz CT molecular complexity index is 761. The number of hydrogen-bond acceptors (Lipinski definition) is 4. The summed E-state index contributed by atoms with van der Waals surface area (Å²) >= 11 is 0. The molecule has 134 valence electrons. The fraction of sp³-hybridized carbons (Fsp3) is 0.550. The summed E-state index contributed by atoms with van der Waals surface area (Å²) in [5.41, 5.74) is 1.96. The van der Waals surface area contributed by atoms with Crippen molar-refractivity contribution in [3.63, 3.8) is 0 Å². The van der Waals surface area contributed by atoms with E-state index in [2.05, 4.69) is 17.9 Å². The molecule has 0 bridgehead atoms. The molecule has 5 heteroatoms. The van der Waals surface area contributed by atoms with E-state index < -0.39 is 0 Å². The molecule has 0 N–H and O–H groups in total. The van der Waals surface area contributed by atoms with Gasteiger partial charge in [-0.05, 0) is 44.9 Å². The maximum Gasteiger partial charge on any atom is 0.289 e. The molecule has 0 spiro atoms. The highest BCUT2D eigenvalue weighted by molar-refractivity contribution is 5.96. The number of nitrogens with zero attached hydrogens (tertiary/aromatic N) is 2. The zero-order valence-corrected chi connectivity index (χ0v) is 15.0. The van der Waals surface area contributed by atoms with Gasteiger partial charge in [-0.15, -0.1) is 0 Å². The molecular weight excluding hydrogens is 316 g/mol. The van der Waals surface area contributed by atoms with Crippen molar-refractivity contribution in [2.45, 2.75) is 38.8 Å². The summed E-state index contributed by atoms with van der Waals surface area (Å²) in [6.07, 6.45) is 2.36. The standard InChI is InChI=1S/C20H26N2O3/c1-14-3-4-18-16(11-14)12-19(25-18)20(23)21-7-5-17(6-8-21)22-9-10-24-15(2)13-22/h3-4,11-12,15,17H,5-10,13H2,1-2H3. The van der Waals surface area contributed by atoms with Gasteiger partial charge in [0.1, 0.15) is 5.58 Å². The minimum absolute atomic E-state index is 0.0163. The predicted molar refractivity (Wildman–Crippen MR) is 96.9 cm³/mol. The molecule has 2 aliphatic heterocycles. The third-order valence-electron chi connectivity index (χ3n) is 5.42. The second kappa shape index (κ2) is 6.81. The lowest BCUT2D eigenvalue weighted by Crippen LogP contribution is -2.51. The first-order chi connectivity index (χ1) is 12.1. The molecule has 1 amide bonds. The Labute approximate surface area is 148 Å². The number of benzene rings is 1. The van der Waals surface area contributed by atoms with E-state index >= 15 is 0 Å². The van der Waals surface area contributed by atoms with Gasteiger partial charge in [0.05, 0.1) is 12.7 Å². The number of rotatable bonds is 2. The van der Waals surface area contributed by atoms with Crippen molar-refractivity contribution in [3.05, 3.63) is 35.6 Å². The second-order valence-electron chi connectivity index (χ2n) is 7.35. The lowest BCUT2D eigenvalue weighted by atomic mass is 10.0. The minimum Gasteiger partial charge on any atom is -0.451 e. The van der Waals surface area contributed by atoms with Crippen LogP contribution < -0.4 is 0 Å². The number of amides is 1. The van der Waals surface area contributed by atoms with Crippen molar-refractivity contribution < 1.29 is 13.9 Å². The summed E-state index contributed by atoms with van der Waals surface area (Å²) in [5.74, 6) is 0.474. The molecule has 3 heterocycles. The maximum atomic E-state index is 12.8. The molecular formula is C20H26N2O3. The summed E-state index contributed by atoms with van der Waals surface area (Å²) in [7, 11) is 0. The lowest BCUT2D eigenvalue weighted by molar-refractivity contribution is -0.0424. The Morgan fingerprint density at radius 1 is 1.16 bits per heavy atom. The van der Waals surface area contributed by atoms with Gasteiger partial charge in [0.25, 0.3) is 5.91 Å². The van der Waals surface area contributed by atoms with Crippen molar-refractivity contribution in [2.75, 3.05) is 32.8 Å². The van der Waals surface area contributed by atoms with Crippen LogP contribution in [0.25, 0.3) is 11.0 Å². The molecule has 0 radical (unpaired) electrons. The Morgan fingerprint density at radius 3 is 2.72 bits per heavy atom. The van der Waals surface area contributed by atoms with Crippen molar-refractivity contribution in [1.29, 1.82) is 0 Å². The number of carbonyl (C=O) groups excluding carboxylic acids is 1. The van der Waals surface area contributed by atoms with Gasteiger partial charge in [-0.2, -0.15) is 0 Å². The van der Waals surface area contributed by atoms with Gasteiger partial charge in [0, 0.05) is 37.6 Å². The largest absolute Gasteiger partial charge is 0.451 e. The first-order valence-corrected chi connectivity index (χ1v) is 9.25. The third kappa shape index (κ3) is 3.44. The number of morpholine rings is 1. The van der Waals surface area contributed by atoms with Gasteiger partial charge in [0.15, 0.2) is 5.76 Å². The molecule has 2 fully saturated rings. The van der Waals surface area contributed by atoms with Crippen LogP contribution in [0.3, 0.4) is 0 Å². The van der Waals surface area contributed by atoms with E-state index in [1.807, 2.05) is 30.0 Å². The zero-order chi connectivity index (χ0) is 17.4. The van der Waals surface area contributed by atoms with Crippen LogP contribution in [-0.2, 0) is 4.74 Å². The molecule has 25 heavy (non-hydrogen) atoms. The van der Waals surface area contributed by atoms with Crippen molar-refractivity contribution in [1.82, 2.24) is 9.80 Å². The van der Waals surface area contributed by atoms with Gasteiger partial charge >= 0.3 is 0 Å². The first kappa shape index (κ1) is 16.6. The van der Waals surface area contributed by atoms with Crippen LogP contribution in [0, 0.1) is 6.92 Å². The van der Waals surface area contributed by atoms with E-state index in [4.69, 9.17) is 9.15 Å². The van der Waals surface area contributed by atoms with Gasteiger partial charge < -0.3 is 14.1 Å². The van der Waals surface area contributed by atoms with Crippen molar-refractivity contribution in [3.8, 4) is 0 Å². The normalized spacial score (nSPS) is 23.3. The van der Waals surface area contributed by atoms with E-state index in [0.717, 1.165) is 56.6 Å². The highest BCUT2D eigenvalue weighted by Gasteiger charge is 2.30. The van der Waals surface area contributed by atoms with Crippen molar-refractivity contribution in [2.24, 2.45) is 0 Å². The molecule has 1 atom stereocenters. The van der Waals surface area contributed by atoms with Crippen LogP contribution >= 0.6 is 0 Å². The fourth-order valence-electron chi connectivity index (χ4n) is 4.04. The van der Waals surface area contributed by atoms with E-state index in [0.29, 0.717) is 17.9 Å². The average molecular weight is 342 g/mol. The smallest absolute Gasteiger partial charge is 0.289 e. The summed E-state index contributed by atoms with van der Waals surface area (Å²) in [6, 6.07) is 8.44. The topological polar surface area (TPSA) is 45.9 Å². The molecule has 4 rings (SSSR count). The summed E-state index contributed by atoms with van der Waals surface area (Å²) in [6.45, 7) is 8.60. The van der Waals surface area contributed by atoms with Crippen LogP contribution in [0.15, 0.2) is 28.7 Å². The highest BCUT2D eigenvalue weighted by Crippen LogP contribution is 2.24. The Kier molecular flexibility index (Phi) is 4.52. The molecule has 0 aliphatic carbocycles. The van der Waals surface area contributed by atoms with Gasteiger partial charge in [-0.3, -0.25) is 9.69 Å². The number of aryl methyl sites for hydroxylation is 1. The van der Waals surface area contributed by atoms with E-state index in [1.54, 1.807) is 0 Å². The van der Waals surface area contributed by atoms with Crippen LogP contribution in [-0.4, -0.2) is 60.6 Å². The monoisotopic (exact) mass is 342 g/mol. The van der Waals surface area contributed by atoms with E-state index in [-0.39, 0.29) is 5.91 Å². The maximum absolute atomic E-state index is 12.8. The molecule has 0 saturated carbocycles. The number of hydrogen-bond donors (Lipinski definition) is 0. The molecule has 2 aliphatic rings. The highest BCUT2D eigenvalue weighted by atomic mass is 16.5. The summed E-state index contributed by atoms with van der Waals surface area (Å²) in [5, 5.41) is 1.00. The van der Waals surface area contributed by atoms with Gasteiger partial charge in [-0.1, -0.05) is 11.6 Å². The Balaban J connectivity index is 1.40. The summed E-state index contributed by atoms with van der Waals surface area (Å²) in [4.78, 5) is 17.3. The van der Waals surface area contributed by atoms with Crippen LogP contribution in [0.4, 0.5) is 0 Å². The number of furan rings is 1. The number of piperidine rings is 1. The number of ether oxygens (including phenoxy) is 1. The molecule has 1 aromatic carbocycles. The van der Waals surface area contributed by atoms with Gasteiger partial charge in [0.2, 0.25) is 0 Å². The molecule has 2 saturated heterocycles. The number of carbonyl (C=O) groups is 1. The van der Waals surface area contributed by atoms with Crippen molar-refractivity contribution >= 4 is 16.9 Å². The van der Waals surface area contributed by atoms with Crippen LogP contribution in [0.5, 0.6) is 0 Å². The fourth-order valence-corrected chi connectivity index (χ4v) is 4.04. The molecule has 5 nitrogen and oxygen atoms in total. The first-order valence-electron chi connectivity index (χ1n) is 9.25. The average Bonchev–Trinajstić information content (AvgIpc) is 3.04. The second-order valence-corrected chi connectivity index (χ2v) is 7.35. The quantitative estimate of drug-likeness (QED) is 0.841. The molecule has 1 unspecified atom stereocenters. The molecule has 1 aromatic heterocycles. The minimum atomic E-state index is 0.0163. The van der Waals surface area contributed by atoms with Crippen LogP contribution in [0.1, 0.15) is 35.9 Å². The third-order valence-corrected chi connectivity index (χ3v) is 5.42. The summed E-state index contributed by atoms with van der Waals surface area (Å²) < 4.78 is 11.4. The van der Waals surface area contributed by atoms with Gasteiger partial charge in [-0.25, -0.2) is 0 Å². The zero-order valence-electron chi connectivity index (χ0n) is 15.0. The Hall–Kier alpha value is -1.85. The lowest BCUT2D eigenvalue weighted by Gasteiger charge is -2.41. The van der Waals surface area contributed by atoms with E-state index in [1.165, 1.54) is 5.56 Å². The van der Waals surface area contributed by atoms with Crippen LogP contribution in [0.2, 0.25) is 0 Å². The predicted octanol–water partition coefficient (Wildman–Crippen LogP) is 3.07. The molecule has 2 aromatic rings. The number of fused-ring (bicyclic) bond motifs is 1. The Morgan fingerprint density at radius 2 is 1.96 bits per heavy atom. The van der Waals surface area contributed by atoms with E-state index in [9.17, 15) is 4.79 Å². The SMILES string of the molecule is Cc1ccc2oc(C(=O)N3CCC(N4CCOC(C)C4)CC3)cc2c1. The number of likely N-dealkylation sites (tertiary alicyclic amines) is 1.